The van der Waals surface area contributed by atoms with E-state index in [1.807, 2.05) is 18.8 Å². The third kappa shape index (κ3) is 6.58. The fourth-order valence-corrected chi connectivity index (χ4v) is 4.24. The van der Waals surface area contributed by atoms with Crippen molar-refractivity contribution in [2.75, 3.05) is 0 Å². The number of carbonyl (C=O) groups is 1. The minimum atomic E-state index is -1.26. The number of hydrogen-bond acceptors (Lipinski definition) is 11. The predicted octanol–water partition coefficient (Wildman–Crippen LogP) is 3.57. The molecule has 2 aromatic carbocycles. The Labute approximate surface area is 242 Å². The SMILES string of the molecule is CC(C)C1=CC(Oc2c(Cl)cc(-n3nc(C#N)c(=O)[nH]c3=O)cc2Cl)=NN(C(C)OC(=O)Oc2ccccc2)C1O. The van der Waals surface area contributed by atoms with Crippen LogP contribution in [0.2, 0.25) is 10.0 Å². The Balaban J connectivity index is 1.62. The van der Waals surface area contributed by atoms with Crippen LogP contribution in [0.1, 0.15) is 26.5 Å². The zero-order valence-electron chi connectivity index (χ0n) is 21.7. The monoisotopic (exact) mass is 600 g/mol. The molecule has 4 rings (SSSR count). The van der Waals surface area contributed by atoms with Gasteiger partial charge in [-0.25, -0.2) is 14.6 Å². The highest BCUT2D eigenvalue weighted by Crippen LogP contribution is 2.36. The lowest BCUT2D eigenvalue weighted by Gasteiger charge is -2.35. The predicted molar refractivity (Wildman–Crippen MR) is 147 cm³/mol. The number of para-hydroxylation sites is 1. The number of aromatic amines is 1. The lowest BCUT2D eigenvalue weighted by atomic mass is 10.00. The van der Waals surface area contributed by atoms with Crippen LogP contribution in [-0.2, 0) is 4.74 Å². The number of carbonyl (C=O) groups excluding carboxylic acids is 1. The van der Waals surface area contributed by atoms with Gasteiger partial charge in [0.15, 0.2) is 18.2 Å². The third-order valence-electron chi connectivity index (χ3n) is 5.67. The molecule has 0 saturated carbocycles. The first kappa shape index (κ1) is 29.3. The van der Waals surface area contributed by atoms with E-state index in [-0.39, 0.29) is 39.0 Å². The molecule has 0 bridgehead atoms. The molecule has 212 valence electrons. The molecular weight excluding hydrogens is 579 g/mol. The Hall–Kier alpha value is -4.64. The lowest BCUT2D eigenvalue weighted by Crippen LogP contribution is -2.45. The molecule has 1 aliphatic heterocycles. The number of H-pyrrole nitrogens is 1. The average Bonchev–Trinajstić information content (AvgIpc) is 2.91. The highest BCUT2D eigenvalue weighted by Gasteiger charge is 2.33. The molecule has 0 saturated heterocycles. The van der Waals surface area contributed by atoms with E-state index in [2.05, 4.69) is 10.2 Å². The smallest absolute Gasteiger partial charge is 0.434 e. The van der Waals surface area contributed by atoms with Gasteiger partial charge in [0.25, 0.3) is 5.56 Å². The molecule has 0 aliphatic carbocycles. The van der Waals surface area contributed by atoms with Gasteiger partial charge in [0, 0.05) is 6.08 Å². The zero-order valence-corrected chi connectivity index (χ0v) is 23.3. The van der Waals surface area contributed by atoms with Crippen molar-refractivity contribution in [1.29, 1.82) is 5.26 Å². The highest BCUT2D eigenvalue weighted by molar-refractivity contribution is 6.37. The summed E-state index contributed by atoms with van der Waals surface area (Å²) in [6.45, 7) is 5.16. The summed E-state index contributed by atoms with van der Waals surface area (Å²) in [5, 5.41) is 29.0. The van der Waals surface area contributed by atoms with Gasteiger partial charge in [-0.3, -0.25) is 9.78 Å². The number of aromatic nitrogens is 3. The Bertz CT molecular complexity index is 1670. The molecule has 2 N–H and O–H groups in total. The summed E-state index contributed by atoms with van der Waals surface area (Å²) in [5.74, 6) is -0.00362. The van der Waals surface area contributed by atoms with Crippen LogP contribution < -0.4 is 20.7 Å². The molecule has 15 heteroatoms. The second kappa shape index (κ2) is 12.3. The van der Waals surface area contributed by atoms with E-state index in [0.29, 0.717) is 5.57 Å². The van der Waals surface area contributed by atoms with Crippen LogP contribution in [0.3, 0.4) is 0 Å². The zero-order chi connectivity index (χ0) is 29.8. The van der Waals surface area contributed by atoms with E-state index in [4.69, 9.17) is 42.7 Å². The minimum absolute atomic E-state index is 0.0464. The molecule has 0 spiro atoms. The molecule has 13 nitrogen and oxygen atoms in total. The number of benzene rings is 2. The summed E-state index contributed by atoms with van der Waals surface area (Å²) in [6.07, 6.45) is -1.87. The van der Waals surface area contributed by atoms with Gasteiger partial charge in [0.1, 0.15) is 11.8 Å². The van der Waals surface area contributed by atoms with E-state index >= 15 is 0 Å². The fraction of sp³-hybridized carbons (Fsp3) is 0.231. The number of ether oxygens (including phenoxy) is 3. The topological polar surface area (TPSA) is 172 Å². The summed E-state index contributed by atoms with van der Waals surface area (Å²) in [5.41, 5.74) is -1.86. The molecule has 41 heavy (non-hydrogen) atoms. The van der Waals surface area contributed by atoms with E-state index in [1.54, 1.807) is 36.4 Å². The lowest BCUT2D eigenvalue weighted by molar-refractivity contribution is -0.0930. The van der Waals surface area contributed by atoms with Gasteiger partial charge in [0.2, 0.25) is 11.6 Å². The molecule has 0 fully saturated rings. The number of rotatable bonds is 6. The van der Waals surface area contributed by atoms with Crippen LogP contribution in [0.15, 0.2) is 68.8 Å². The van der Waals surface area contributed by atoms with Gasteiger partial charge < -0.3 is 19.3 Å². The molecule has 1 aromatic heterocycles. The Kier molecular flexibility index (Phi) is 8.77. The van der Waals surface area contributed by atoms with Crippen molar-refractivity contribution in [2.45, 2.75) is 33.2 Å². The summed E-state index contributed by atoms with van der Waals surface area (Å²) in [7, 11) is 0. The van der Waals surface area contributed by atoms with Crippen LogP contribution in [-0.4, -0.2) is 49.4 Å². The highest BCUT2D eigenvalue weighted by atomic mass is 35.5. The molecule has 3 aromatic rings. The van der Waals surface area contributed by atoms with Crippen LogP contribution in [0, 0.1) is 17.2 Å². The van der Waals surface area contributed by atoms with Crippen molar-refractivity contribution in [3.05, 3.63) is 90.7 Å². The van der Waals surface area contributed by atoms with Crippen molar-refractivity contribution in [3.63, 3.8) is 0 Å². The summed E-state index contributed by atoms with van der Waals surface area (Å²) in [6, 6.07) is 12.5. The second-order valence-corrected chi connectivity index (χ2v) is 9.66. The van der Waals surface area contributed by atoms with E-state index < -0.39 is 35.6 Å². The Morgan fingerprint density at radius 3 is 2.41 bits per heavy atom. The van der Waals surface area contributed by atoms with Gasteiger partial charge in [0.05, 0.1) is 15.7 Å². The average molecular weight is 601 g/mol. The van der Waals surface area contributed by atoms with E-state index in [0.717, 1.165) is 9.69 Å². The van der Waals surface area contributed by atoms with Gasteiger partial charge in [-0.2, -0.15) is 9.94 Å². The number of aliphatic hydroxyl groups excluding tert-OH is 1. The van der Waals surface area contributed by atoms with Crippen molar-refractivity contribution in [2.24, 2.45) is 11.0 Å². The van der Waals surface area contributed by atoms with Crippen molar-refractivity contribution in [3.8, 4) is 23.3 Å². The molecule has 1 aliphatic rings. The van der Waals surface area contributed by atoms with Crippen molar-refractivity contribution in [1.82, 2.24) is 19.8 Å². The second-order valence-electron chi connectivity index (χ2n) is 8.85. The number of nitriles is 1. The summed E-state index contributed by atoms with van der Waals surface area (Å²) >= 11 is 12.8. The Morgan fingerprint density at radius 2 is 1.80 bits per heavy atom. The number of halogens is 2. The van der Waals surface area contributed by atoms with Gasteiger partial charge >= 0.3 is 11.8 Å². The molecule has 2 atom stereocenters. The standard InChI is InChI=1S/C26H22Cl2N6O7/c1-13(2)17-11-21(32-33(24(17)36)14(3)39-26(38)40-16-7-5-4-6-8-16)41-22-18(27)9-15(10-19(22)28)34-25(37)30-23(35)20(12-29)31-34/h4-11,13-14,24,36H,1-3H3,(H,30,35,37). The maximum atomic E-state index is 12.3. The van der Waals surface area contributed by atoms with Crippen molar-refractivity contribution < 1.29 is 24.1 Å². The first-order valence-corrected chi connectivity index (χ1v) is 12.7. The summed E-state index contributed by atoms with van der Waals surface area (Å²) in [4.78, 5) is 38.3. The van der Waals surface area contributed by atoms with Crippen molar-refractivity contribution >= 4 is 35.3 Å². The number of hydrogen-bond donors (Lipinski definition) is 2. The normalized spacial score (nSPS) is 15.5. The van der Waals surface area contributed by atoms with Crippen LogP contribution in [0.5, 0.6) is 11.5 Å². The van der Waals surface area contributed by atoms with Gasteiger partial charge in [-0.05, 0) is 42.7 Å². The number of hydrazone groups is 1. The van der Waals surface area contributed by atoms with E-state index in [9.17, 15) is 19.5 Å². The quantitative estimate of drug-likeness (QED) is 0.314. The number of aliphatic hydroxyl groups is 1. The first-order valence-electron chi connectivity index (χ1n) is 12.0. The third-order valence-corrected chi connectivity index (χ3v) is 6.23. The molecule has 0 radical (unpaired) electrons. The molecular formula is C26H22Cl2N6O7. The number of nitrogens with one attached hydrogen (secondary N) is 1. The summed E-state index contributed by atoms with van der Waals surface area (Å²) < 4.78 is 17.1. The largest absolute Gasteiger partial charge is 0.515 e. The van der Waals surface area contributed by atoms with E-state index in [1.165, 1.54) is 25.1 Å². The van der Waals surface area contributed by atoms with Crippen LogP contribution in [0.25, 0.3) is 5.69 Å². The first-order chi connectivity index (χ1) is 19.5. The fourth-order valence-electron chi connectivity index (χ4n) is 3.68. The maximum absolute atomic E-state index is 12.3. The number of nitrogens with zero attached hydrogens (tertiary/aromatic N) is 5. The van der Waals surface area contributed by atoms with Gasteiger partial charge in [-0.1, -0.05) is 55.2 Å². The molecule has 2 heterocycles. The molecule has 0 amide bonds. The van der Waals surface area contributed by atoms with Gasteiger partial charge in [-0.15, -0.1) is 10.2 Å². The maximum Gasteiger partial charge on any atom is 0.515 e. The van der Waals surface area contributed by atoms with Crippen LogP contribution in [0.4, 0.5) is 4.79 Å². The Morgan fingerprint density at radius 1 is 1.15 bits per heavy atom. The van der Waals surface area contributed by atoms with Crippen LogP contribution >= 0.6 is 23.2 Å². The molecule has 2 unspecified atom stereocenters. The minimum Gasteiger partial charge on any atom is -0.434 e.